The van der Waals surface area contributed by atoms with Gasteiger partial charge in [-0.05, 0) is 19.3 Å². The van der Waals surface area contributed by atoms with Crippen LogP contribution in [-0.4, -0.2) is 58.1 Å². The molecule has 1 rings (SSSR count). The number of carbonyl (C=O) groups excluding carboxylic acids is 1. The Morgan fingerprint density at radius 1 is 1.55 bits per heavy atom. The third-order valence-electron chi connectivity index (χ3n) is 3.12. The Bertz CT molecular complexity index is 247. The fraction of sp³-hybridized carbons (Fsp3) is 0.923. The van der Waals surface area contributed by atoms with Crippen molar-refractivity contribution in [1.82, 2.24) is 5.32 Å². The van der Waals surface area contributed by atoms with E-state index in [2.05, 4.69) is 5.32 Å². The normalized spacial score (nSPS) is 19.4. The molecule has 1 aliphatic rings. The lowest BCUT2D eigenvalue weighted by molar-refractivity contribution is -0.123. The Balaban J connectivity index is 0.00000361. The molecule has 0 aromatic heterocycles. The first-order valence-electron chi connectivity index (χ1n) is 6.95. The maximum atomic E-state index is 11.5. The van der Waals surface area contributed by atoms with Gasteiger partial charge in [0.2, 0.25) is 5.91 Å². The fourth-order valence-electron chi connectivity index (χ4n) is 1.93. The molecule has 0 radical (unpaired) electrons. The van der Waals surface area contributed by atoms with Gasteiger partial charge in [-0.15, -0.1) is 12.4 Å². The van der Waals surface area contributed by atoms with Crippen molar-refractivity contribution in [2.75, 3.05) is 40.0 Å². The Morgan fingerprint density at radius 2 is 2.35 bits per heavy atom. The minimum atomic E-state index is -0.198. The summed E-state index contributed by atoms with van der Waals surface area (Å²) in [6, 6.07) is 0. The number of nitrogens with one attached hydrogen (secondary N) is 1. The van der Waals surface area contributed by atoms with Gasteiger partial charge < -0.3 is 25.3 Å². The summed E-state index contributed by atoms with van der Waals surface area (Å²) in [4.78, 5) is 11.5. The second-order valence-electron chi connectivity index (χ2n) is 4.71. The number of carbonyl (C=O) groups is 1. The van der Waals surface area contributed by atoms with Crippen LogP contribution in [0.5, 0.6) is 0 Å². The molecule has 0 saturated carbocycles. The monoisotopic (exact) mass is 310 g/mol. The van der Waals surface area contributed by atoms with Gasteiger partial charge in [0.05, 0.1) is 25.2 Å². The van der Waals surface area contributed by atoms with Gasteiger partial charge in [0.25, 0.3) is 0 Å². The number of hydrogen-bond donors (Lipinski definition) is 2. The standard InChI is InChI=1S/C13H26N2O4.ClH/c1-17-12(9-14)8-13(16)15-5-3-6-18-10-11-4-2-7-19-11;/h11-12H,2-10,14H2,1H3,(H,15,16);1H. The molecule has 1 heterocycles. The average molecular weight is 311 g/mol. The first-order valence-corrected chi connectivity index (χ1v) is 6.95. The molecule has 2 unspecified atom stereocenters. The Hall–Kier alpha value is -0.400. The number of rotatable bonds is 10. The minimum absolute atomic E-state index is 0. The number of hydrogen-bond acceptors (Lipinski definition) is 5. The summed E-state index contributed by atoms with van der Waals surface area (Å²) < 4.78 is 16.0. The SMILES string of the molecule is COC(CN)CC(=O)NCCCOCC1CCCO1.Cl. The van der Waals surface area contributed by atoms with Crippen LogP contribution in [-0.2, 0) is 19.0 Å². The number of ether oxygens (including phenoxy) is 3. The van der Waals surface area contributed by atoms with E-state index in [4.69, 9.17) is 19.9 Å². The van der Waals surface area contributed by atoms with Gasteiger partial charge >= 0.3 is 0 Å². The zero-order valence-corrected chi connectivity index (χ0v) is 13.0. The highest BCUT2D eigenvalue weighted by Gasteiger charge is 2.15. The summed E-state index contributed by atoms with van der Waals surface area (Å²) in [7, 11) is 1.56. The van der Waals surface area contributed by atoms with Crippen molar-refractivity contribution in [3.63, 3.8) is 0 Å². The summed E-state index contributed by atoms with van der Waals surface area (Å²) >= 11 is 0. The minimum Gasteiger partial charge on any atom is -0.380 e. The van der Waals surface area contributed by atoms with Crippen LogP contribution in [0.25, 0.3) is 0 Å². The molecule has 1 amide bonds. The van der Waals surface area contributed by atoms with Crippen molar-refractivity contribution in [2.24, 2.45) is 5.73 Å². The molecule has 0 spiro atoms. The fourth-order valence-corrected chi connectivity index (χ4v) is 1.93. The first-order chi connectivity index (χ1) is 9.26. The van der Waals surface area contributed by atoms with Crippen LogP contribution in [0.4, 0.5) is 0 Å². The number of halogens is 1. The molecule has 7 heteroatoms. The molecular weight excluding hydrogens is 284 g/mol. The predicted octanol–water partition coefficient (Wildman–Crippen LogP) is 0.474. The Labute approximate surface area is 127 Å². The zero-order valence-electron chi connectivity index (χ0n) is 12.1. The van der Waals surface area contributed by atoms with Crippen molar-refractivity contribution >= 4 is 18.3 Å². The van der Waals surface area contributed by atoms with E-state index < -0.39 is 0 Å². The highest BCUT2D eigenvalue weighted by Crippen LogP contribution is 2.11. The van der Waals surface area contributed by atoms with Crippen LogP contribution in [0.3, 0.4) is 0 Å². The van der Waals surface area contributed by atoms with Crippen LogP contribution in [0.1, 0.15) is 25.7 Å². The number of amides is 1. The molecular formula is C13H27ClN2O4. The number of methoxy groups -OCH3 is 1. The third-order valence-corrected chi connectivity index (χ3v) is 3.12. The van der Waals surface area contributed by atoms with Crippen LogP contribution in [0.15, 0.2) is 0 Å². The van der Waals surface area contributed by atoms with E-state index in [9.17, 15) is 4.79 Å². The molecule has 0 aliphatic carbocycles. The molecule has 6 nitrogen and oxygen atoms in total. The van der Waals surface area contributed by atoms with Crippen molar-refractivity contribution in [3.05, 3.63) is 0 Å². The third kappa shape index (κ3) is 8.71. The summed E-state index contributed by atoms with van der Waals surface area (Å²) in [5.74, 6) is -0.0311. The first kappa shape index (κ1) is 19.6. The van der Waals surface area contributed by atoms with Crippen molar-refractivity contribution < 1.29 is 19.0 Å². The maximum Gasteiger partial charge on any atom is 0.222 e. The molecule has 1 fully saturated rings. The van der Waals surface area contributed by atoms with Gasteiger partial charge in [-0.1, -0.05) is 0 Å². The molecule has 0 bridgehead atoms. The van der Waals surface area contributed by atoms with E-state index in [0.29, 0.717) is 32.7 Å². The lowest BCUT2D eigenvalue weighted by atomic mass is 10.2. The largest absolute Gasteiger partial charge is 0.380 e. The molecule has 0 aromatic rings. The molecule has 2 atom stereocenters. The van der Waals surface area contributed by atoms with Gasteiger partial charge in [0.1, 0.15) is 0 Å². The van der Waals surface area contributed by atoms with Gasteiger partial charge in [-0.2, -0.15) is 0 Å². The lowest BCUT2D eigenvalue weighted by Gasteiger charge is -2.13. The van der Waals surface area contributed by atoms with Crippen LogP contribution in [0.2, 0.25) is 0 Å². The average Bonchev–Trinajstić information content (AvgIpc) is 2.93. The highest BCUT2D eigenvalue weighted by atomic mass is 35.5. The van der Waals surface area contributed by atoms with Crippen molar-refractivity contribution in [3.8, 4) is 0 Å². The second-order valence-corrected chi connectivity index (χ2v) is 4.71. The smallest absolute Gasteiger partial charge is 0.222 e. The summed E-state index contributed by atoms with van der Waals surface area (Å²) in [5, 5.41) is 2.82. The molecule has 3 N–H and O–H groups in total. The van der Waals surface area contributed by atoms with Crippen molar-refractivity contribution in [1.29, 1.82) is 0 Å². The molecule has 20 heavy (non-hydrogen) atoms. The van der Waals surface area contributed by atoms with E-state index in [-0.39, 0.29) is 30.5 Å². The van der Waals surface area contributed by atoms with E-state index >= 15 is 0 Å². The Morgan fingerprint density at radius 3 is 2.95 bits per heavy atom. The predicted molar refractivity (Wildman–Crippen MR) is 79.1 cm³/mol. The molecule has 1 aliphatic heterocycles. The number of nitrogens with two attached hydrogens (primary N) is 1. The van der Waals surface area contributed by atoms with E-state index in [1.54, 1.807) is 7.11 Å². The summed E-state index contributed by atoms with van der Waals surface area (Å²) in [5.41, 5.74) is 5.45. The molecule has 0 aromatic carbocycles. The van der Waals surface area contributed by atoms with E-state index in [0.717, 1.165) is 25.9 Å². The van der Waals surface area contributed by atoms with Gasteiger partial charge in [-0.3, -0.25) is 4.79 Å². The Kier molecular flexibility index (Phi) is 12.1. The topological polar surface area (TPSA) is 82.8 Å². The van der Waals surface area contributed by atoms with E-state index in [1.165, 1.54) is 0 Å². The molecule has 120 valence electrons. The van der Waals surface area contributed by atoms with Gasteiger partial charge in [0.15, 0.2) is 0 Å². The zero-order chi connectivity index (χ0) is 13.9. The van der Waals surface area contributed by atoms with Gasteiger partial charge in [-0.25, -0.2) is 0 Å². The molecule has 1 saturated heterocycles. The van der Waals surface area contributed by atoms with Crippen molar-refractivity contribution in [2.45, 2.75) is 37.9 Å². The van der Waals surface area contributed by atoms with E-state index in [1.807, 2.05) is 0 Å². The van der Waals surface area contributed by atoms with Crippen LogP contribution in [0, 0.1) is 0 Å². The van der Waals surface area contributed by atoms with Crippen LogP contribution >= 0.6 is 12.4 Å². The van der Waals surface area contributed by atoms with Crippen LogP contribution < -0.4 is 11.1 Å². The van der Waals surface area contributed by atoms with Gasteiger partial charge in [0, 0.05) is 33.4 Å². The highest BCUT2D eigenvalue weighted by molar-refractivity contribution is 5.85. The maximum absolute atomic E-state index is 11.5. The quantitative estimate of drug-likeness (QED) is 0.573. The lowest BCUT2D eigenvalue weighted by Crippen LogP contribution is -2.33. The second kappa shape index (κ2) is 12.3. The summed E-state index contributed by atoms with van der Waals surface area (Å²) in [6.07, 6.45) is 3.40. The summed E-state index contributed by atoms with van der Waals surface area (Å²) in [6.45, 7) is 3.13.